The van der Waals surface area contributed by atoms with E-state index in [2.05, 4.69) is 35.7 Å². The van der Waals surface area contributed by atoms with Crippen LogP contribution in [-0.2, 0) is 0 Å². The Bertz CT molecular complexity index is 866. The average molecular weight is 358 g/mol. The quantitative estimate of drug-likeness (QED) is 0.730. The molecule has 5 heterocycles. The minimum Gasteiger partial charge on any atom is -0.367 e. The first-order valence-corrected chi connectivity index (χ1v) is 9.37. The summed E-state index contributed by atoms with van der Waals surface area (Å²) in [7, 11) is 0. The molecule has 0 amide bonds. The number of aryl methyl sites for hydroxylation is 1. The van der Waals surface area contributed by atoms with Crippen molar-refractivity contribution >= 4 is 29.1 Å². The summed E-state index contributed by atoms with van der Waals surface area (Å²) in [5.41, 5.74) is 1.67. The van der Waals surface area contributed by atoms with Crippen LogP contribution in [0.5, 0.6) is 0 Å². The van der Waals surface area contributed by atoms with Gasteiger partial charge >= 0.3 is 0 Å². The fraction of sp³-hybridized carbons (Fsp3) is 0.588. The highest BCUT2D eigenvalue weighted by molar-refractivity contribution is 6.28. The van der Waals surface area contributed by atoms with E-state index < -0.39 is 0 Å². The standard InChI is InChI=1S/C17H20ClN7/c1-8-2-15(24-23-8)20-14-5-13(21-16(18)22-14)19-9-3-10-6-17-7-11(17)12(4-9)25(10)17/h2,5,9-12H,3-4,6-7H2,1H3,(H3,19,20,21,22,23,24)/t9-,10+,11?,12-,17?/m0/s1. The second kappa shape index (κ2) is 4.65. The lowest BCUT2D eigenvalue weighted by Gasteiger charge is -2.66. The van der Waals surface area contributed by atoms with Crippen molar-refractivity contribution < 1.29 is 0 Å². The Morgan fingerprint density at radius 3 is 2.92 bits per heavy atom. The lowest BCUT2D eigenvalue weighted by Crippen LogP contribution is -2.75. The zero-order valence-corrected chi connectivity index (χ0v) is 14.7. The summed E-state index contributed by atoms with van der Waals surface area (Å²) in [6.07, 6.45) is 5.26. The van der Waals surface area contributed by atoms with Gasteiger partial charge in [-0.05, 0) is 50.1 Å². The maximum Gasteiger partial charge on any atom is 0.226 e. The monoisotopic (exact) mass is 357 g/mol. The van der Waals surface area contributed by atoms with E-state index in [1.54, 1.807) is 0 Å². The molecule has 4 aliphatic rings. The average Bonchev–Trinajstić information content (AvgIpc) is 3.07. The van der Waals surface area contributed by atoms with Gasteiger partial charge in [0.15, 0.2) is 5.82 Å². The third-order valence-corrected chi connectivity index (χ3v) is 6.69. The lowest BCUT2D eigenvalue weighted by atomic mass is 9.68. The molecule has 5 atom stereocenters. The zero-order valence-electron chi connectivity index (χ0n) is 14.0. The van der Waals surface area contributed by atoms with Crippen LogP contribution in [0.15, 0.2) is 12.1 Å². The maximum atomic E-state index is 6.13. The highest BCUT2D eigenvalue weighted by atomic mass is 35.5. The Morgan fingerprint density at radius 1 is 1.20 bits per heavy atom. The normalized spacial score (nSPS) is 37.4. The van der Waals surface area contributed by atoms with Gasteiger partial charge in [-0.3, -0.25) is 10.00 Å². The molecule has 8 heteroatoms. The molecule has 25 heavy (non-hydrogen) atoms. The molecule has 3 N–H and O–H groups in total. The van der Waals surface area contributed by atoms with Crippen molar-refractivity contribution in [2.45, 2.75) is 56.3 Å². The van der Waals surface area contributed by atoms with Crippen molar-refractivity contribution in [2.75, 3.05) is 10.6 Å². The number of rotatable bonds is 4. The molecule has 4 fully saturated rings. The summed E-state index contributed by atoms with van der Waals surface area (Å²) < 4.78 is 0. The Labute approximate surface area is 150 Å². The Balaban J connectivity index is 1.19. The van der Waals surface area contributed by atoms with Gasteiger partial charge in [-0.2, -0.15) is 5.10 Å². The molecule has 6 rings (SSSR count). The van der Waals surface area contributed by atoms with Gasteiger partial charge < -0.3 is 10.6 Å². The fourth-order valence-corrected chi connectivity index (χ4v) is 5.79. The third kappa shape index (κ3) is 1.99. The first-order chi connectivity index (χ1) is 12.1. The number of H-pyrrole nitrogens is 1. The van der Waals surface area contributed by atoms with Gasteiger partial charge in [-0.1, -0.05) is 0 Å². The molecule has 7 nitrogen and oxygen atoms in total. The van der Waals surface area contributed by atoms with Gasteiger partial charge in [0, 0.05) is 41.5 Å². The van der Waals surface area contributed by atoms with E-state index in [4.69, 9.17) is 11.6 Å². The van der Waals surface area contributed by atoms with E-state index in [1.807, 2.05) is 19.1 Å². The topological polar surface area (TPSA) is 81.8 Å². The molecular weight excluding hydrogens is 338 g/mol. The van der Waals surface area contributed by atoms with Crippen molar-refractivity contribution in [2.24, 2.45) is 5.92 Å². The summed E-state index contributed by atoms with van der Waals surface area (Å²) in [6, 6.07) is 5.87. The smallest absolute Gasteiger partial charge is 0.226 e. The first kappa shape index (κ1) is 14.3. The minimum atomic E-state index is 0.241. The van der Waals surface area contributed by atoms with Crippen molar-refractivity contribution in [1.29, 1.82) is 0 Å². The number of aromatic amines is 1. The number of hydrogen-bond acceptors (Lipinski definition) is 6. The summed E-state index contributed by atoms with van der Waals surface area (Å²) in [5, 5.41) is 14.1. The summed E-state index contributed by atoms with van der Waals surface area (Å²) in [4.78, 5) is 11.4. The number of aromatic nitrogens is 4. The van der Waals surface area contributed by atoms with E-state index in [0.717, 1.165) is 35.3 Å². The largest absolute Gasteiger partial charge is 0.367 e. The van der Waals surface area contributed by atoms with Gasteiger partial charge in [0.25, 0.3) is 0 Å². The number of hydrogen-bond donors (Lipinski definition) is 3. The molecule has 0 radical (unpaired) electrons. The molecule has 130 valence electrons. The van der Waals surface area contributed by atoms with Crippen molar-refractivity contribution in [3.63, 3.8) is 0 Å². The molecule has 0 aromatic carbocycles. The van der Waals surface area contributed by atoms with Crippen LogP contribution in [0.2, 0.25) is 5.28 Å². The molecule has 0 bridgehead atoms. The van der Waals surface area contributed by atoms with Crippen molar-refractivity contribution in [1.82, 2.24) is 25.1 Å². The number of nitrogens with zero attached hydrogens (tertiary/aromatic N) is 4. The molecule has 2 aromatic rings. The van der Waals surface area contributed by atoms with Crippen LogP contribution in [0.1, 0.15) is 31.4 Å². The molecule has 3 aliphatic heterocycles. The number of anilines is 3. The molecule has 3 saturated heterocycles. The highest BCUT2D eigenvalue weighted by Gasteiger charge is 2.80. The molecule has 1 aliphatic carbocycles. The summed E-state index contributed by atoms with van der Waals surface area (Å²) in [6.45, 7) is 1.96. The van der Waals surface area contributed by atoms with Crippen LogP contribution < -0.4 is 10.6 Å². The van der Waals surface area contributed by atoms with E-state index in [1.165, 1.54) is 25.7 Å². The molecule has 2 unspecified atom stereocenters. The van der Waals surface area contributed by atoms with Crippen LogP contribution in [0, 0.1) is 12.8 Å². The fourth-order valence-electron chi connectivity index (χ4n) is 5.61. The van der Waals surface area contributed by atoms with E-state index in [0.29, 0.717) is 17.4 Å². The van der Waals surface area contributed by atoms with E-state index in [9.17, 15) is 0 Å². The van der Waals surface area contributed by atoms with E-state index in [-0.39, 0.29) is 5.28 Å². The van der Waals surface area contributed by atoms with Gasteiger partial charge in [-0.25, -0.2) is 9.97 Å². The predicted octanol–water partition coefficient (Wildman–Crippen LogP) is 2.69. The molecular formula is C17H20ClN7. The van der Waals surface area contributed by atoms with Crippen LogP contribution in [-0.4, -0.2) is 48.7 Å². The Kier molecular flexibility index (Phi) is 2.66. The number of nitrogens with one attached hydrogen (secondary N) is 3. The van der Waals surface area contributed by atoms with Gasteiger partial charge in [0.1, 0.15) is 11.6 Å². The van der Waals surface area contributed by atoms with Gasteiger partial charge in [0.05, 0.1) is 0 Å². The number of fused-ring (bicyclic) bond motifs is 1. The van der Waals surface area contributed by atoms with Crippen LogP contribution >= 0.6 is 11.6 Å². The zero-order chi connectivity index (χ0) is 16.8. The molecule has 1 spiro atoms. The van der Waals surface area contributed by atoms with Crippen LogP contribution in [0.3, 0.4) is 0 Å². The van der Waals surface area contributed by atoms with Crippen molar-refractivity contribution in [3.05, 3.63) is 23.1 Å². The minimum absolute atomic E-state index is 0.241. The van der Waals surface area contributed by atoms with Gasteiger partial charge in [-0.15, -0.1) is 0 Å². The Hall–Kier alpha value is -1.86. The second-order valence-corrected chi connectivity index (χ2v) is 8.37. The SMILES string of the molecule is Cc1cc(Nc2cc(N[C@H]3C[C@@H]4CC56CC5[C@H](C3)N46)nc(Cl)n2)n[nH]1. The van der Waals surface area contributed by atoms with E-state index >= 15 is 0 Å². The Morgan fingerprint density at radius 2 is 2.08 bits per heavy atom. The number of piperidine rings is 2. The third-order valence-electron chi connectivity index (χ3n) is 6.52. The maximum absolute atomic E-state index is 6.13. The van der Waals surface area contributed by atoms with Crippen LogP contribution in [0.25, 0.3) is 0 Å². The second-order valence-electron chi connectivity index (χ2n) is 8.03. The van der Waals surface area contributed by atoms with Gasteiger partial charge in [0.2, 0.25) is 5.28 Å². The summed E-state index contributed by atoms with van der Waals surface area (Å²) in [5.74, 6) is 3.14. The summed E-state index contributed by atoms with van der Waals surface area (Å²) >= 11 is 6.13. The predicted molar refractivity (Wildman–Crippen MR) is 95.2 cm³/mol. The highest BCUT2D eigenvalue weighted by Crippen LogP contribution is 2.74. The first-order valence-electron chi connectivity index (χ1n) is 8.99. The van der Waals surface area contributed by atoms with Crippen LogP contribution in [0.4, 0.5) is 17.5 Å². The molecule has 1 saturated carbocycles. The molecule has 2 aromatic heterocycles. The van der Waals surface area contributed by atoms with Crippen molar-refractivity contribution in [3.8, 4) is 0 Å². The lowest BCUT2D eigenvalue weighted by molar-refractivity contribution is -0.157. The number of halogens is 1.